The maximum Gasteiger partial charge on any atom is 0.180 e. The summed E-state index contributed by atoms with van der Waals surface area (Å²) in [7, 11) is -3.18. The molecule has 1 fully saturated rings. The van der Waals surface area contributed by atoms with Gasteiger partial charge in [0.25, 0.3) is 0 Å². The van der Waals surface area contributed by atoms with E-state index in [-0.39, 0.29) is 12.3 Å². The van der Waals surface area contributed by atoms with E-state index < -0.39 is 15.1 Å². The third-order valence-corrected chi connectivity index (χ3v) is 5.33. The molecule has 0 radical (unpaired) electrons. The van der Waals surface area contributed by atoms with Gasteiger partial charge >= 0.3 is 0 Å². The first-order valence-electron chi connectivity index (χ1n) is 6.14. The maximum atomic E-state index is 12.0. The molecule has 100 valence electrons. The number of rotatable bonds is 3. The molecule has 1 aromatic carbocycles. The third kappa shape index (κ3) is 2.58. The van der Waals surface area contributed by atoms with Crippen molar-refractivity contribution in [3.63, 3.8) is 0 Å². The Morgan fingerprint density at radius 2 is 1.89 bits per heavy atom. The lowest BCUT2D eigenvalue weighted by atomic mass is 10.1. The molecule has 1 heterocycles. The molecule has 0 spiro atoms. The van der Waals surface area contributed by atoms with Gasteiger partial charge in [-0.1, -0.05) is 12.1 Å². The van der Waals surface area contributed by atoms with Crippen LogP contribution in [0, 0.1) is 0 Å². The summed E-state index contributed by atoms with van der Waals surface area (Å²) >= 11 is 0. The van der Waals surface area contributed by atoms with Crippen LogP contribution in [0.5, 0.6) is 0 Å². The van der Waals surface area contributed by atoms with Crippen LogP contribution >= 0.6 is 0 Å². The van der Waals surface area contributed by atoms with Crippen molar-refractivity contribution in [1.29, 1.82) is 0 Å². The molecule has 5 heteroatoms. The van der Waals surface area contributed by atoms with Crippen molar-refractivity contribution in [2.45, 2.75) is 43.2 Å². The molecule has 18 heavy (non-hydrogen) atoms. The molecule has 2 rings (SSSR count). The van der Waals surface area contributed by atoms with Gasteiger partial charge in [0.1, 0.15) is 6.23 Å². The fourth-order valence-corrected chi connectivity index (χ4v) is 3.02. The van der Waals surface area contributed by atoms with Crippen molar-refractivity contribution < 1.29 is 13.2 Å². The molecular weight excluding hydrogens is 250 g/mol. The van der Waals surface area contributed by atoms with Crippen molar-refractivity contribution >= 4 is 9.84 Å². The Balaban J connectivity index is 2.21. The molecule has 0 aromatic heterocycles. The molecule has 0 amide bonds. The molecule has 4 nitrogen and oxygen atoms in total. The molecule has 1 N–H and O–H groups in total. The van der Waals surface area contributed by atoms with Crippen molar-refractivity contribution in [1.82, 2.24) is 5.32 Å². The molecule has 1 saturated heterocycles. The number of ether oxygens (including phenoxy) is 1. The zero-order valence-electron chi connectivity index (χ0n) is 10.9. The summed E-state index contributed by atoms with van der Waals surface area (Å²) in [6.45, 7) is 6.10. The Kier molecular flexibility index (Phi) is 3.75. The highest BCUT2D eigenvalue weighted by molar-refractivity contribution is 7.92. The summed E-state index contributed by atoms with van der Waals surface area (Å²) in [4.78, 5) is 0.375. The zero-order valence-corrected chi connectivity index (χ0v) is 11.7. The number of hydrogen-bond acceptors (Lipinski definition) is 4. The molecular formula is C13H19NO3S. The van der Waals surface area contributed by atoms with Crippen LogP contribution in [0.3, 0.4) is 0 Å². The van der Waals surface area contributed by atoms with Crippen LogP contribution in [0.25, 0.3) is 0 Å². The molecule has 1 aliphatic rings. The summed E-state index contributed by atoms with van der Waals surface area (Å²) in [5, 5.41) is 2.80. The second-order valence-electron chi connectivity index (χ2n) is 4.84. The zero-order chi connectivity index (χ0) is 13.3. The van der Waals surface area contributed by atoms with Gasteiger partial charge in [0.15, 0.2) is 9.84 Å². The van der Waals surface area contributed by atoms with Crippen LogP contribution in [0.2, 0.25) is 0 Å². The molecule has 0 saturated carbocycles. The third-order valence-electron chi connectivity index (χ3n) is 3.16. The SMILES string of the molecule is CC1NCC(c2ccc(S(=O)(=O)C(C)C)cc2)O1. The standard InChI is InChI=1S/C13H19NO3S/c1-9(2)18(15,16)12-6-4-11(5-7-12)13-8-14-10(3)17-13/h4-7,9-10,13-14H,8H2,1-3H3. The van der Waals surface area contributed by atoms with E-state index in [1.165, 1.54) is 0 Å². The first-order chi connectivity index (χ1) is 8.41. The molecule has 1 aliphatic heterocycles. The number of sulfone groups is 1. The van der Waals surface area contributed by atoms with E-state index >= 15 is 0 Å². The largest absolute Gasteiger partial charge is 0.354 e. The summed E-state index contributed by atoms with van der Waals surface area (Å²) in [6, 6.07) is 6.99. The topological polar surface area (TPSA) is 55.4 Å². The first-order valence-corrected chi connectivity index (χ1v) is 7.68. The van der Waals surface area contributed by atoms with Crippen molar-refractivity contribution in [3.8, 4) is 0 Å². The molecule has 1 aromatic rings. The molecule has 0 aliphatic carbocycles. The van der Waals surface area contributed by atoms with Crippen LogP contribution in [0.1, 0.15) is 32.4 Å². The highest BCUT2D eigenvalue weighted by atomic mass is 32.2. The predicted octanol–water partition coefficient (Wildman–Crippen LogP) is 1.88. The minimum absolute atomic E-state index is 0.0100. The van der Waals surface area contributed by atoms with Crippen LogP contribution < -0.4 is 5.32 Å². The Labute approximate surface area is 108 Å². The highest BCUT2D eigenvalue weighted by Crippen LogP contribution is 2.24. The second kappa shape index (κ2) is 4.99. The Morgan fingerprint density at radius 3 is 2.33 bits per heavy atom. The van der Waals surface area contributed by atoms with Gasteiger partial charge in [-0.15, -0.1) is 0 Å². The van der Waals surface area contributed by atoms with Gasteiger partial charge in [-0.2, -0.15) is 0 Å². The monoisotopic (exact) mass is 269 g/mol. The smallest absolute Gasteiger partial charge is 0.180 e. The van der Waals surface area contributed by atoms with Gasteiger partial charge < -0.3 is 4.74 Å². The molecule has 2 atom stereocenters. The van der Waals surface area contributed by atoms with E-state index in [9.17, 15) is 8.42 Å². The predicted molar refractivity (Wildman–Crippen MR) is 70.1 cm³/mol. The Hall–Kier alpha value is -0.910. The fraction of sp³-hybridized carbons (Fsp3) is 0.538. The first kappa shape index (κ1) is 13.5. The van der Waals surface area contributed by atoms with Crippen molar-refractivity contribution in [3.05, 3.63) is 29.8 Å². The van der Waals surface area contributed by atoms with Crippen LogP contribution in [0.4, 0.5) is 0 Å². The van der Waals surface area contributed by atoms with Crippen LogP contribution in [0.15, 0.2) is 29.2 Å². The van der Waals surface area contributed by atoms with Gasteiger partial charge in [0.2, 0.25) is 0 Å². The van der Waals surface area contributed by atoms with E-state index in [4.69, 9.17) is 4.74 Å². The van der Waals surface area contributed by atoms with E-state index in [0.29, 0.717) is 4.90 Å². The van der Waals surface area contributed by atoms with E-state index in [2.05, 4.69) is 5.32 Å². The van der Waals surface area contributed by atoms with Gasteiger partial charge in [0, 0.05) is 6.54 Å². The molecule has 2 unspecified atom stereocenters. The minimum Gasteiger partial charge on any atom is -0.354 e. The van der Waals surface area contributed by atoms with E-state index in [1.54, 1.807) is 26.0 Å². The van der Waals surface area contributed by atoms with E-state index in [1.807, 2.05) is 19.1 Å². The van der Waals surface area contributed by atoms with Crippen LogP contribution in [-0.2, 0) is 14.6 Å². The lowest BCUT2D eigenvalue weighted by Crippen LogP contribution is -2.17. The quantitative estimate of drug-likeness (QED) is 0.910. The average molecular weight is 269 g/mol. The van der Waals surface area contributed by atoms with E-state index in [0.717, 1.165) is 12.1 Å². The highest BCUT2D eigenvalue weighted by Gasteiger charge is 2.24. The number of benzene rings is 1. The lowest BCUT2D eigenvalue weighted by Gasteiger charge is -2.12. The van der Waals surface area contributed by atoms with Gasteiger partial charge in [-0.25, -0.2) is 8.42 Å². The summed E-state index contributed by atoms with van der Waals surface area (Å²) in [5.41, 5.74) is 1.01. The van der Waals surface area contributed by atoms with Crippen LogP contribution in [-0.4, -0.2) is 26.4 Å². The minimum atomic E-state index is -3.18. The fourth-order valence-electron chi connectivity index (χ4n) is 1.96. The van der Waals surface area contributed by atoms with Gasteiger partial charge in [-0.3, -0.25) is 5.32 Å². The van der Waals surface area contributed by atoms with Gasteiger partial charge in [-0.05, 0) is 38.5 Å². The maximum absolute atomic E-state index is 12.0. The van der Waals surface area contributed by atoms with Gasteiger partial charge in [0.05, 0.1) is 16.2 Å². The lowest BCUT2D eigenvalue weighted by molar-refractivity contribution is 0.0529. The normalized spacial score (nSPS) is 24.7. The number of hydrogen-bond donors (Lipinski definition) is 1. The summed E-state index contributed by atoms with van der Waals surface area (Å²) in [5.74, 6) is 0. The number of nitrogens with one attached hydrogen (secondary N) is 1. The summed E-state index contributed by atoms with van der Waals surface area (Å²) < 4.78 is 29.6. The van der Waals surface area contributed by atoms with Crippen molar-refractivity contribution in [2.24, 2.45) is 0 Å². The van der Waals surface area contributed by atoms with Crippen molar-refractivity contribution in [2.75, 3.05) is 6.54 Å². The Morgan fingerprint density at radius 1 is 1.28 bits per heavy atom. The average Bonchev–Trinajstić information content (AvgIpc) is 2.76. The Bertz CT molecular complexity index is 508. The summed E-state index contributed by atoms with van der Waals surface area (Å²) in [6.07, 6.45) is 0.0601. The molecule has 0 bridgehead atoms. The second-order valence-corrected chi connectivity index (χ2v) is 7.34.